The van der Waals surface area contributed by atoms with Crippen LogP contribution < -0.4 is 5.73 Å². The van der Waals surface area contributed by atoms with Gasteiger partial charge in [-0.1, -0.05) is 34.1 Å². The first-order chi connectivity index (χ1) is 9.61. The van der Waals surface area contributed by atoms with E-state index < -0.39 is 0 Å². The van der Waals surface area contributed by atoms with Gasteiger partial charge in [0.05, 0.1) is 0 Å². The van der Waals surface area contributed by atoms with Crippen molar-refractivity contribution in [1.29, 1.82) is 0 Å². The Kier molecular flexibility index (Phi) is 4.15. The van der Waals surface area contributed by atoms with E-state index in [2.05, 4.69) is 40.2 Å². The zero-order chi connectivity index (χ0) is 14.1. The Morgan fingerprint density at radius 1 is 1.30 bits per heavy atom. The molecule has 20 heavy (non-hydrogen) atoms. The van der Waals surface area contributed by atoms with Crippen LogP contribution in [-0.2, 0) is 12.8 Å². The minimum atomic E-state index is -0.219. The number of thioether (sulfide) groups is 1. The number of fused-ring (bicyclic) bond motifs is 1. The molecule has 0 amide bonds. The second-order valence-corrected chi connectivity index (χ2v) is 7.31. The van der Waals surface area contributed by atoms with E-state index in [4.69, 9.17) is 5.73 Å². The van der Waals surface area contributed by atoms with Crippen LogP contribution in [0.5, 0.6) is 0 Å². The van der Waals surface area contributed by atoms with Gasteiger partial charge in [0.25, 0.3) is 0 Å². The Labute approximate surface area is 130 Å². The molecule has 2 atom stereocenters. The lowest BCUT2D eigenvalue weighted by atomic mass is 9.99. The summed E-state index contributed by atoms with van der Waals surface area (Å²) in [6, 6.07) is 13.4. The molecule has 0 saturated heterocycles. The van der Waals surface area contributed by atoms with Crippen molar-refractivity contribution in [3.8, 4) is 0 Å². The van der Waals surface area contributed by atoms with E-state index in [1.807, 2.05) is 17.8 Å². The van der Waals surface area contributed by atoms with Crippen molar-refractivity contribution in [3.05, 3.63) is 63.9 Å². The molecular formula is C16H15BrFNS. The molecule has 0 aromatic heterocycles. The smallest absolute Gasteiger partial charge is 0.124 e. The fourth-order valence-corrected chi connectivity index (χ4v) is 4.41. The Morgan fingerprint density at radius 3 is 2.85 bits per heavy atom. The topological polar surface area (TPSA) is 26.0 Å². The highest BCUT2D eigenvalue weighted by Crippen LogP contribution is 2.38. The van der Waals surface area contributed by atoms with Gasteiger partial charge in [-0.3, -0.25) is 0 Å². The Balaban J connectivity index is 1.70. The van der Waals surface area contributed by atoms with Crippen LogP contribution in [0.2, 0.25) is 0 Å². The van der Waals surface area contributed by atoms with Crippen LogP contribution in [0.1, 0.15) is 11.1 Å². The van der Waals surface area contributed by atoms with E-state index in [1.165, 1.54) is 16.5 Å². The van der Waals surface area contributed by atoms with Gasteiger partial charge in [0.2, 0.25) is 0 Å². The minimum absolute atomic E-state index is 0.0288. The Bertz CT molecular complexity index is 586. The van der Waals surface area contributed by atoms with Crippen molar-refractivity contribution < 1.29 is 4.39 Å². The zero-order valence-electron chi connectivity index (χ0n) is 10.9. The molecule has 0 saturated carbocycles. The van der Waals surface area contributed by atoms with Crippen LogP contribution in [0.25, 0.3) is 0 Å². The van der Waals surface area contributed by atoms with E-state index in [9.17, 15) is 4.39 Å². The van der Waals surface area contributed by atoms with Gasteiger partial charge in [0.1, 0.15) is 5.82 Å². The maximum atomic E-state index is 13.4. The molecule has 104 valence electrons. The van der Waals surface area contributed by atoms with Crippen molar-refractivity contribution in [2.45, 2.75) is 29.0 Å². The molecule has 0 aliphatic carbocycles. The first-order valence-corrected chi connectivity index (χ1v) is 8.24. The van der Waals surface area contributed by atoms with Gasteiger partial charge in [-0.15, -0.1) is 11.8 Å². The quantitative estimate of drug-likeness (QED) is 0.897. The summed E-state index contributed by atoms with van der Waals surface area (Å²) in [4.78, 5) is 1.33. The van der Waals surface area contributed by atoms with Crippen molar-refractivity contribution in [2.75, 3.05) is 0 Å². The summed E-state index contributed by atoms with van der Waals surface area (Å²) in [6.45, 7) is 0. The van der Waals surface area contributed by atoms with E-state index in [0.29, 0.717) is 11.7 Å². The molecule has 3 rings (SSSR count). The SMILES string of the molecule is NC(Cc1cc(F)cc(Br)c1)C1Cc2ccccc2S1. The average molecular weight is 352 g/mol. The highest BCUT2D eigenvalue weighted by molar-refractivity contribution is 9.10. The van der Waals surface area contributed by atoms with Crippen molar-refractivity contribution >= 4 is 27.7 Å². The van der Waals surface area contributed by atoms with Crippen molar-refractivity contribution in [3.63, 3.8) is 0 Å². The normalized spacial score (nSPS) is 18.9. The van der Waals surface area contributed by atoms with Crippen molar-refractivity contribution in [1.82, 2.24) is 0 Å². The summed E-state index contributed by atoms with van der Waals surface area (Å²) < 4.78 is 14.2. The highest BCUT2D eigenvalue weighted by atomic mass is 79.9. The maximum absolute atomic E-state index is 13.4. The zero-order valence-corrected chi connectivity index (χ0v) is 13.3. The van der Waals surface area contributed by atoms with Gasteiger partial charge in [-0.2, -0.15) is 0 Å². The molecule has 4 heteroatoms. The fraction of sp³-hybridized carbons (Fsp3) is 0.250. The molecule has 0 spiro atoms. The predicted molar refractivity (Wildman–Crippen MR) is 85.6 cm³/mol. The van der Waals surface area contributed by atoms with Gasteiger partial charge in [-0.05, 0) is 48.2 Å². The van der Waals surface area contributed by atoms with Crippen LogP contribution >= 0.6 is 27.7 Å². The predicted octanol–water partition coefficient (Wildman–Crippen LogP) is 4.18. The molecule has 1 nitrogen and oxygen atoms in total. The number of halogens is 2. The largest absolute Gasteiger partial charge is 0.326 e. The first kappa shape index (κ1) is 14.1. The second-order valence-electron chi connectivity index (χ2n) is 5.11. The molecule has 1 heterocycles. The highest BCUT2D eigenvalue weighted by Gasteiger charge is 2.27. The fourth-order valence-electron chi connectivity index (χ4n) is 2.58. The minimum Gasteiger partial charge on any atom is -0.326 e. The second kappa shape index (κ2) is 5.88. The summed E-state index contributed by atoms with van der Waals surface area (Å²) >= 11 is 5.17. The number of hydrogen-bond acceptors (Lipinski definition) is 2. The molecule has 0 bridgehead atoms. The van der Waals surface area contributed by atoms with Crippen LogP contribution in [0.4, 0.5) is 4.39 Å². The average Bonchev–Trinajstić information content (AvgIpc) is 2.81. The molecule has 2 unspecified atom stereocenters. The van der Waals surface area contributed by atoms with E-state index in [-0.39, 0.29) is 11.9 Å². The third-order valence-corrected chi connectivity index (χ3v) is 5.47. The van der Waals surface area contributed by atoms with Crippen molar-refractivity contribution in [2.24, 2.45) is 5.73 Å². The summed E-state index contributed by atoms with van der Waals surface area (Å²) in [6.07, 6.45) is 1.69. The van der Waals surface area contributed by atoms with E-state index >= 15 is 0 Å². The number of benzene rings is 2. The standard InChI is InChI=1S/C16H15BrFNS/c17-12-5-10(6-13(18)9-12)7-14(19)16-8-11-3-1-2-4-15(11)20-16/h1-6,9,14,16H,7-8,19H2. The van der Waals surface area contributed by atoms with Gasteiger partial charge in [-0.25, -0.2) is 4.39 Å². The summed E-state index contributed by atoms with van der Waals surface area (Å²) in [5, 5.41) is 0.370. The van der Waals surface area contributed by atoms with Gasteiger partial charge >= 0.3 is 0 Å². The van der Waals surface area contributed by atoms with Crippen LogP contribution in [0, 0.1) is 5.82 Å². The van der Waals surface area contributed by atoms with E-state index in [0.717, 1.165) is 16.5 Å². The molecule has 1 aliphatic heterocycles. The monoisotopic (exact) mass is 351 g/mol. The third-order valence-electron chi connectivity index (χ3n) is 3.54. The van der Waals surface area contributed by atoms with Gasteiger partial charge in [0, 0.05) is 20.7 Å². The van der Waals surface area contributed by atoms with Gasteiger partial charge in [0.15, 0.2) is 0 Å². The molecule has 0 radical (unpaired) electrons. The Morgan fingerprint density at radius 2 is 2.10 bits per heavy atom. The molecule has 0 fully saturated rings. The van der Waals surface area contributed by atoms with Crippen LogP contribution in [-0.4, -0.2) is 11.3 Å². The lowest BCUT2D eigenvalue weighted by molar-refractivity contribution is 0.610. The molecule has 2 aromatic rings. The lowest BCUT2D eigenvalue weighted by Crippen LogP contribution is -2.34. The molecule has 2 N–H and O–H groups in total. The first-order valence-electron chi connectivity index (χ1n) is 6.57. The third kappa shape index (κ3) is 3.08. The molecule has 2 aromatic carbocycles. The molecular weight excluding hydrogens is 337 g/mol. The maximum Gasteiger partial charge on any atom is 0.124 e. The summed E-state index contributed by atoms with van der Waals surface area (Å²) in [7, 11) is 0. The number of rotatable bonds is 3. The number of hydrogen-bond donors (Lipinski definition) is 1. The number of nitrogens with two attached hydrogens (primary N) is 1. The Hall–Kier alpha value is -0.840. The summed E-state index contributed by atoms with van der Waals surface area (Å²) in [5.74, 6) is -0.219. The van der Waals surface area contributed by atoms with E-state index in [1.54, 1.807) is 6.07 Å². The van der Waals surface area contributed by atoms with Gasteiger partial charge < -0.3 is 5.73 Å². The van der Waals surface area contributed by atoms with Crippen LogP contribution in [0.3, 0.4) is 0 Å². The lowest BCUT2D eigenvalue weighted by Gasteiger charge is -2.18. The van der Waals surface area contributed by atoms with Crippen LogP contribution in [0.15, 0.2) is 51.8 Å². The summed E-state index contributed by atoms with van der Waals surface area (Å²) in [5.41, 5.74) is 8.65. The molecule has 1 aliphatic rings.